The maximum atomic E-state index is 12.9. The van der Waals surface area contributed by atoms with Crippen LogP contribution in [0.5, 0.6) is 5.75 Å². The Hall–Kier alpha value is -1.94. The van der Waals surface area contributed by atoms with Gasteiger partial charge in [-0.25, -0.2) is 0 Å². The lowest BCUT2D eigenvalue weighted by Crippen LogP contribution is -2.30. The van der Waals surface area contributed by atoms with E-state index >= 15 is 0 Å². The average Bonchev–Trinajstić information content (AvgIpc) is 3.11. The molecule has 1 amide bonds. The Balaban J connectivity index is 1.83. The van der Waals surface area contributed by atoms with Gasteiger partial charge in [-0.15, -0.1) is 11.8 Å². The number of nitrogens with zero attached hydrogens (tertiary/aromatic N) is 1. The van der Waals surface area contributed by atoms with Crippen molar-refractivity contribution < 1.29 is 9.53 Å². The molecule has 0 aliphatic carbocycles. The SMILES string of the molecule is COc1cccc(C(=O)N2CCSC2c2ccc(C(C)C)cc2)c1. The average molecular weight is 341 g/mol. The molecule has 126 valence electrons. The van der Waals surface area contributed by atoms with Crippen molar-refractivity contribution in [1.29, 1.82) is 0 Å². The number of methoxy groups -OCH3 is 1. The third kappa shape index (κ3) is 3.44. The van der Waals surface area contributed by atoms with Crippen LogP contribution < -0.4 is 4.74 Å². The zero-order chi connectivity index (χ0) is 17.1. The molecular weight excluding hydrogens is 318 g/mol. The molecule has 1 aliphatic heterocycles. The lowest BCUT2D eigenvalue weighted by Gasteiger charge is -2.24. The number of carbonyl (C=O) groups is 1. The molecule has 1 atom stereocenters. The van der Waals surface area contributed by atoms with E-state index in [0.29, 0.717) is 17.2 Å². The Kier molecular flexibility index (Phi) is 5.14. The van der Waals surface area contributed by atoms with Gasteiger partial charge in [-0.05, 0) is 35.2 Å². The van der Waals surface area contributed by atoms with Gasteiger partial charge >= 0.3 is 0 Å². The highest BCUT2D eigenvalue weighted by atomic mass is 32.2. The summed E-state index contributed by atoms with van der Waals surface area (Å²) in [6.07, 6.45) is 0. The molecule has 2 aromatic rings. The topological polar surface area (TPSA) is 29.5 Å². The van der Waals surface area contributed by atoms with Crippen LogP contribution in [-0.2, 0) is 0 Å². The van der Waals surface area contributed by atoms with E-state index < -0.39 is 0 Å². The normalized spacial score (nSPS) is 17.3. The Labute approximate surface area is 148 Å². The standard InChI is InChI=1S/C20H23NO2S/c1-14(2)15-7-9-16(10-8-15)20-21(11-12-24-20)19(22)17-5-4-6-18(13-17)23-3/h4-10,13-14,20H,11-12H2,1-3H3. The van der Waals surface area contributed by atoms with Crippen LogP contribution in [0.4, 0.5) is 0 Å². The number of thioether (sulfide) groups is 1. The molecule has 0 radical (unpaired) electrons. The Morgan fingerprint density at radius 1 is 1.21 bits per heavy atom. The number of benzene rings is 2. The first-order chi connectivity index (χ1) is 11.6. The zero-order valence-electron chi connectivity index (χ0n) is 14.4. The van der Waals surface area contributed by atoms with Gasteiger partial charge in [0.2, 0.25) is 0 Å². The molecule has 1 unspecified atom stereocenters. The molecule has 0 spiro atoms. The maximum absolute atomic E-state index is 12.9. The molecular formula is C20H23NO2S. The molecule has 2 aromatic carbocycles. The van der Waals surface area contributed by atoms with Crippen molar-refractivity contribution in [2.75, 3.05) is 19.4 Å². The van der Waals surface area contributed by atoms with Crippen molar-refractivity contribution in [1.82, 2.24) is 4.90 Å². The number of hydrogen-bond acceptors (Lipinski definition) is 3. The number of rotatable bonds is 4. The summed E-state index contributed by atoms with van der Waals surface area (Å²) < 4.78 is 5.24. The van der Waals surface area contributed by atoms with E-state index in [1.165, 1.54) is 11.1 Å². The first-order valence-electron chi connectivity index (χ1n) is 8.26. The van der Waals surface area contributed by atoms with E-state index in [-0.39, 0.29) is 11.3 Å². The molecule has 0 saturated carbocycles. The summed E-state index contributed by atoms with van der Waals surface area (Å²) in [5.74, 6) is 2.26. The zero-order valence-corrected chi connectivity index (χ0v) is 15.2. The van der Waals surface area contributed by atoms with Crippen LogP contribution >= 0.6 is 11.8 Å². The van der Waals surface area contributed by atoms with Crippen molar-refractivity contribution in [3.8, 4) is 5.75 Å². The van der Waals surface area contributed by atoms with Gasteiger partial charge in [0.1, 0.15) is 11.1 Å². The van der Waals surface area contributed by atoms with Crippen LogP contribution in [0.25, 0.3) is 0 Å². The van der Waals surface area contributed by atoms with E-state index in [1.807, 2.05) is 40.9 Å². The van der Waals surface area contributed by atoms with Crippen LogP contribution in [0.2, 0.25) is 0 Å². The van der Waals surface area contributed by atoms with E-state index in [0.717, 1.165) is 12.3 Å². The predicted molar refractivity (Wildman–Crippen MR) is 99.8 cm³/mol. The number of carbonyl (C=O) groups excluding carboxylic acids is 1. The van der Waals surface area contributed by atoms with Crippen LogP contribution in [0.3, 0.4) is 0 Å². The molecule has 1 saturated heterocycles. The van der Waals surface area contributed by atoms with E-state index in [9.17, 15) is 4.79 Å². The van der Waals surface area contributed by atoms with E-state index in [4.69, 9.17) is 4.74 Å². The highest BCUT2D eigenvalue weighted by molar-refractivity contribution is 7.99. The van der Waals surface area contributed by atoms with E-state index in [2.05, 4.69) is 38.1 Å². The number of amides is 1. The van der Waals surface area contributed by atoms with Crippen LogP contribution in [0.1, 0.15) is 46.6 Å². The molecule has 0 bridgehead atoms. The van der Waals surface area contributed by atoms with Crippen molar-refractivity contribution in [2.24, 2.45) is 0 Å². The fourth-order valence-electron chi connectivity index (χ4n) is 2.92. The fraction of sp³-hybridized carbons (Fsp3) is 0.350. The summed E-state index contributed by atoms with van der Waals surface area (Å²) >= 11 is 1.82. The third-order valence-corrected chi connectivity index (χ3v) is 5.62. The van der Waals surface area contributed by atoms with Crippen LogP contribution in [0.15, 0.2) is 48.5 Å². The molecule has 0 N–H and O–H groups in total. The van der Waals surface area contributed by atoms with Crippen molar-refractivity contribution in [3.63, 3.8) is 0 Å². The monoisotopic (exact) mass is 341 g/mol. The summed E-state index contributed by atoms with van der Waals surface area (Å²) in [5, 5.41) is 0.0879. The molecule has 1 aliphatic rings. The fourth-order valence-corrected chi connectivity index (χ4v) is 4.18. The summed E-state index contributed by atoms with van der Waals surface area (Å²) in [6, 6.07) is 16.0. The second kappa shape index (κ2) is 7.31. The minimum atomic E-state index is 0.0665. The number of hydrogen-bond donors (Lipinski definition) is 0. The van der Waals surface area contributed by atoms with E-state index in [1.54, 1.807) is 7.11 Å². The van der Waals surface area contributed by atoms with Crippen LogP contribution in [0, 0.1) is 0 Å². The third-order valence-electron chi connectivity index (χ3n) is 4.36. The molecule has 3 rings (SSSR count). The van der Waals surface area contributed by atoms with Gasteiger partial charge in [0.25, 0.3) is 5.91 Å². The minimum absolute atomic E-state index is 0.0665. The highest BCUT2D eigenvalue weighted by Gasteiger charge is 2.31. The Morgan fingerprint density at radius 2 is 1.96 bits per heavy atom. The van der Waals surface area contributed by atoms with Gasteiger partial charge in [0.15, 0.2) is 0 Å². The Bertz CT molecular complexity index is 712. The van der Waals surface area contributed by atoms with Gasteiger partial charge < -0.3 is 9.64 Å². The number of ether oxygens (including phenoxy) is 1. The quantitative estimate of drug-likeness (QED) is 0.807. The largest absolute Gasteiger partial charge is 0.497 e. The van der Waals surface area contributed by atoms with Gasteiger partial charge in [-0.1, -0.05) is 44.2 Å². The minimum Gasteiger partial charge on any atom is -0.497 e. The second-order valence-electron chi connectivity index (χ2n) is 6.28. The lowest BCUT2D eigenvalue weighted by atomic mass is 10.0. The first-order valence-corrected chi connectivity index (χ1v) is 9.31. The molecule has 1 heterocycles. The molecule has 24 heavy (non-hydrogen) atoms. The molecule has 3 nitrogen and oxygen atoms in total. The maximum Gasteiger partial charge on any atom is 0.255 e. The van der Waals surface area contributed by atoms with Gasteiger partial charge in [-0.3, -0.25) is 4.79 Å². The van der Waals surface area contributed by atoms with Crippen molar-refractivity contribution in [2.45, 2.75) is 25.1 Å². The van der Waals surface area contributed by atoms with Gasteiger partial charge in [0.05, 0.1) is 7.11 Å². The molecule has 0 aromatic heterocycles. The van der Waals surface area contributed by atoms with Gasteiger partial charge in [0, 0.05) is 17.9 Å². The predicted octanol–water partition coefficient (Wildman–Crippen LogP) is 4.71. The van der Waals surface area contributed by atoms with Gasteiger partial charge in [-0.2, -0.15) is 0 Å². The Morgan fingerprint density at radius 3 is 2.62 bits per heavy atom. The van der Waals surface area contributed by atoms with Crippen molar-refractivity contribution >= 4 is 17.7 Å². The second-order valence-corrected chi connectivity index (χ2v) is 7.46. The van der Waals surface area contributed by atoms with Crippen LogP contribution in [-0.4, -0.2) is 30.2 Å². The highest BCUT2D eigenvalue weighted by Crippen LogP contribution is 2.39. The summed E-state index contributed by atoms with van der Waals surface area (Å²) in [6.45, 7) is 5.16. The molecule has 4 heteroatoms. The summed E-state index contributed by atoms with van der Waals surface area (Å²) in [4.78, 5) is 14.9. The summed E-state index contributed by atoms with van der Waals surface area (Å²) in [5.41, 5.74) is 3.20. The smallest absolute Gasteiger partial charge is 0.255 e. The first kappa shape index (κ1) is 16.9. The van der Waals surface area contributed by atoms with Crippen molar-refractivity contribution in [3.05, 3.63) is 65.2 Å². The summed E-state index contributed by atoms with van der Waals surface area (Å²) in [7, 11) is 1.62. The molecule has 1 fully saturated rings. The lowest BCUT2D eigenvalue weighted by molar-refractivity contribution is 0.0760.